The summed E-state index contributed by atoms with van der Waals surface area (Å²) in [6, 6.07) is 3.70. The molecule has 0 spiro atoms. The number of anilines is 1. The standard InChI is InChI=1S/C14H21N3O2/c1-10(18)11-5-4-7-16-12(11)17-8-6-14(2,9-17)13(19)15-3/h4-5,7,10,18H,6,8-9H2,1-3H3,(H,15,19)/t10-,14?/m0/s1. The van der Waals surface area contributed by atoms with Crippen LogP contribution in [0.15, 0.2) is 18.3 Å². The van der Waals surface area contributed by atoms with Gasteiger partial charge in [0.15, 0.2) is 0 Å². The average Bonchev–Trinajstić information content (AvgIpc) is 2.81. The number of rotatable bonds is 3. The van der Waals surface area contributed by atoms with E-state index in [2.05, 4.69) is 15.2 Å². The summed E-state index contributed by atoms with van der Waals surface area (Å²) in [6.07, 6.45) is 1.95. The molecule has 0 saturated carbocycles. The van der Waals surface area contributed by atoms with Crippen LogP contribution in [-0.2, 0) is 4.79 Å². The Labute approximate surface area is 113 Å². The molecule has 2 N–H and O–H groups in total. The van der Waals surface area contributed by atoms with Gasteiger partial charge < -0.3 is 15.3 Å². The molecular formula is C14H21N3O2. The largest absolute Gasteiger partial charge is 0.389 e. The van der Waals surface area contributed by atoms with Crippen LogP contribution in [0, 0.1) is 5.41 Å². The van der Waals surface area contributed by atoms with E-state index in [9.17, 15) is 9.90 Å². The van der Waals surface area contributed by atoms with Crippen molar-refractivity contribution in [3.05, 3.63) is 23.9 Å². The van der Waals surface area contributed by atoms with E-state index >= 15 is 0 Å². The van der Waals surface area contributed by atoms with Crippen LogP contribution in [0.1, 0.15) is 31.9 Å². The maximum atomic E-state index is 11.9. The highest BCUT2D eigenvalue weighted by Gasteiger charge is 2.40. The number of nitrogens with one attached hydrogen (secondary N) is 1. The molecule has 104 valence electrons. The van der Waals surface area contributed by atoms with Gasteiger partial charge in [0, 0.05) is 31.9 Å². The zero-order valence-electron chi connectivity index (χ0n) is 11.7. The molecule has 0 radical (unpaired) electrons. The van der Waals surface area contributed by atoms with Crippen molar-refractivity contribution < 1.29 is 9.90 Å². The summed E-state index contributed by atoms with van der Waals surface area (Å²) in [5, 5.41) is 12.5. The minimum Gasteiger partial charge on any atom is -0.389 e. The summed E-state index contributed by atoms with van der Waals surface area (Å²) in [4.78, 5) is 18.4. The van der Waals surface area contributed by atoms with Crippen LogP contribution in [0.25, 0.3) is 0 Å². The molecule has 2 heterocycles. The van der Waals surface area contributed by atoms with Crippen LogP contribution < -0.4 is 10.2 Å². The monoisotopic (exact) mass is 263 g/mol. The highest BCUT2D eigenvalue weighted by atomic mass is 16.3. The molecule has 2 atom stereocenters. The molecule has 1 aromatic rings. The number of amides is 1. The van der Waals surface area contributed by atoms with E-state index in [1.54, 1.807) is 20.2 Å². The van der Waals surface area contributed by atoms with Gasteiger partial charge in [-0.15, -0.1) is 0 Å². The molecule has 2 rings (SSSR count). The van der Waals surface area contributed by atoms with Crippen molar-refractivity contribution in [2.45, 2.75) is 26.4 Å². The van der Waals surface area contributed by atoms with Crippen LogP contribution >= 0.6 is 0 Å². The Morgan fingerprint density at radius 2 is 2.37 bits per heavy atom. The van der Waals surface area contributed by atoms with Crippen LogP contribution in [-0.4, -0.2) is 36.1 Å². The lowest BCUT2D eigenvalue weighted by Gasteiger charge is -2.25. The van der Waals surface area contributed by atoms with Crippen LogP contribution in [0.4, 0.5) is 5.82 Å². The average molecular weight is 263 g/mol. The Morgan fingerprint density at radius 3 is 3.00 bits per heavy atom. The summed E-state index contributed by atoms with van der Waals surface area (Å²) in [6.45, 7) is 5.11. The second-order valence-electron chi connectivity index (χ2n) is 5.40. The second kappa shape index (κ2) is 5.17. The predicted molar refractivity (Wildman–Crippen MR) is 73.9 cm³/mol. The van der Waals surface area contributed by atoms with E-state index in [-0.39, 0.29) is 11.3 Å². The first-order valence-electron chi connectivity index (χ1n) is 6.58. The van der Waals surface area contributed by atoms with Crippen molar-refractivity contribution in [3.63, 3.8) is 0 Å². The fourth-order valence-corrected chi connectivity index (χ4v) is 2.63. The van der Waals surface area contributed by atoms with Gasteiger partial charge in [-0.05, 0) is 26.3 Å². The van der Waals surface area contributed by atoms with Gasteiger partial charge in [0.2, 0.25) is 5.91 Å². The Bertz CT molecular complexity index is 476. The Hall–Kier alpha value is -1.62. The number of aliphatic hydroxyl groups is 1. The van der Waals surface area contributed by atoms with E-state index in [1.807, 2.05) is 19.1 Å². The fourth-order valence-electron chi connectivity index (χ4n) is 2.63. The quantitative estimate of drug-likeness (QED) is 0.857. The fraction of sp³-hybridized carbons (Fsp3) is 0.571. The SMILES string of the molecule is CNC(=O)C1(C)CCN(c2ncccc2[C@H](C)O)C1. The lowest BCUT2D eigenvalue weighted by molar-refractivity contribution is -0.128. The number of carbonyl (C=O) groups excluding carboxylic acids is 1. The summed E-state index contributed by atoms with van der Waals surface area (Å²) < 4.78 is 0. The van der Waals surface area contributed by atoms with Gasteiger partial charge in [0.1, 0.15) is 5.82 Å². The molecule has 5 nitrogen and oxygen atoms in total. The van der Waals surface area contributed by atoms with Gasteiger partial charge in [0.25, 0.3) is 0 Å². The molecule has 0 aliphatic carbocycles. The molecule has 19 heavy (non-hydrogen) atoms. The van der Waals surface area contributed by atoms with Gasteiger partial charge in [-0.25, -0.2) is 4.98 Å². The molecule has 1 unspecified atom stereocenters. The van der Waals surface area contributed by atoms with Gasteiger partial charge >= 0.3 is 0 Å². The van der Waals surface area contributed by atoms with Gasteiger partial charge in [-0.1, -0.05) is 6.07 Å². The number of aliphatic hydroxyl groups excluding tert-OH is 1. The predicted octanol–water partition coefficient (Wildman–Crippen LogP) is 1.10. The first-order chi connectivity index (χ1) is 8.98. The third-order valence-corrected chi connectivity index (χ3v) is 3.82. The van der Waals surface area contributed by atoms with Crippen molar-refractivity contribution in [2.24, 2.45) is 5.41 Å². The van der Waals surface area contributed by atoms with Gasteiger partial charge in [0.05, 0.1) is 11.5 Å². The van der Waals surface area contributed by atoms with E-state index in [4.69, 9.17) is 0 Å². The molecule has 0 aromatic carbocycles. The summed E-state index contributed by atoms with van der Waals surface area (Å²) in [5.41, 5.74) is 0.422. The molecule has 1 amide bonds. The first-order valence-corrected chi connectivity index (χ1v) is 6.58. The maximum Gasteiger partial charge on any atom is 0.227 e. The zero-order valence-corrected chi connectivity index (χ0v) is 11.7. The van der Waals surface area contributed by atoms with Crippen molar-refractivity contribution in [1.29, 1.82) is 0 Å². The summed E-state index contributed by atoms with van der Waals surface area (Å²) >= 11 is 0. The summed E-state index contributed by atoms with van der Waals surface area (Å²) in [5.74, 6) is 0.842. The molecule has 1 aliphatic heterocycles. The van der Waals surface area contributed by atoms with Crippen molar-refractivity contribution in [2.75, 3.05) is 25.0 Å². The molecule has 1 aromatic heterocycles. The third kappa shape index (κ3) is 2.56. The van der Waals surface area contributed by atoms with E-state index < -0.39 is 6.10 Å². The maximum absolute atomic E-state index is 11.9. The molecule has 0 bridgehead atoms. The Kier molecular flexibility index (Phi) is 3.75. The van der Waals surface area contributed by atoms with Crippen molar-refractivity contribution in [3.8, 4) is 0 Å². The first kappa shape index (κ1) is 13.8. The van der Waals surface area contributed by atoms with E-state index in [0.717, 1.165) is 24.3 Å². The number of nitrogens with zero attached hydrogens (tertiary/aromatic N) is 2. The normalized spacial score (nSPS) is 24.3. The smallest absolute Gasteiger partial charge is 0.227 e. The molecular weight excluding hydrogens is 242 g/mol. The Morgan fingerprint density at radius 1 is 1.63 bits per heavy atom. The number of hydrogen-bond donors (Lipinski definition) is 2. The molecule has 1 aliphatic rings. The second-order valence-corrected chi connectivity index (χ2v) is 5.40. The van der Waals surface area contributed by atoms with E-state index in [1.165, 1.54) is 0 Å². The lowest BCUT2D eigenvalue weighted by Crippen LogP contribution is -2.39. The lowest BCUT2D eigenvalue weighted by atomic mass is 9.89. The number of hydrogen-bond acceptors (Lipinski definition) is 4. The topological polar surface area (TPSA) is 65.5 Å². The third-order valence-electron chi connectivity index (χ3n) is 3.82. The van der Waals surface area contributed by atoms with Crippen LogP contribution in [0.2, 0.25) is 0 Å². The van der Waals surface area contributed by atoms with E-state index in [0.29, 0.717) is 6.54 Å². The Balaban J connectivity index is 2.24. The number of aromatic nitrogens is 1. The van der Waals surface area contributed by atoms with Crippen molar-refractivity contribution in [1.82, 2.24) is 10.3 Å². The zero-order chi connectivity index (χ0) is 14.0. The summed E-state index contributed by atoms with van der Waals surface area (Å²) in [7, 11) is 1.66. The molecule has 1 fully saturated rings. The highest BCUT2D eigenvalue weighted by molar-refractivity contribution is 5.83. The van der Waals surface area contributed by atoms with Gasteiger partial charge in [-0.2, -0.15) is 0 Å². The van der Waals surface area contributed by atoms with Crippen molar-refractivity contribution >= 4 is 11.7 Å². The van der Waals surface area contributed by atoms with Crippen LogP contribution in [0.5, 0.6) is 0 Å². The molecule has 5 heteroatoms. The molecule has 1 saturated heterocycles. The van der Waals surface area contributed by atoms with Crippen LogP contribution in [0.3, 0.4) is 0 Å². The minimum absolute atomic E-state index is 0.0597. The minimum atomic E-state index is -0.560. The van der Waals surface area contributed by atoms with Gasteiger partial charge in [-0.3, -0.25) is 4.79 Å². The highest BCUT2D eigenvalue weighted by Crippen LogP contribution is 2.35. The number of pyridine rings is 1. The number of carbonyl (C=O) groups is 1.